The average Bonchev–Trinajstić information content (AvgIpc) is 2.41. The Morgan fingerprint density at radius 2 is 1.84 bits per heavy atom. The van der Waals surface area contributed by atoms with Crippen LogP contribution in [0.4, 0.5) is 0 Å². The molecule has 0 aromatic heterocycles. The van der Waals surface area contributed by atoms with Gasteiger partial charge >= 0.3 is 0 Å². The lowest BCUT2D eigenvalue weighted by Crippen LogP contribution is -2.34. The molecule has 1 aliphatic carbocycles. The number of nitrogens with one attached hydrogen (secondary N) is 1. The average molecular weight is 260 g/mol. The molecule has 0 saturated heterocycles. The van der Waals surface area contributed by atoms with Crippen LogP contribution in [0.25, 0.3) is 0 Å². The molecule has 1 aromatic carbocycles. The van der Waals surface area contributed by atoms with Gasteiger partial charge in [0.05, 0.1) is 6.42 Å². The molecular formula is C16H24N2O. The van der Waals surface area contributed by atoms with Gasteiger partial charge < -0.3 is 11.1 Å². The molecule has 0 heterocycles. The highest BCUT2D eigenvalue weighted by molar-refractivity contribution is 5.78. The Balaban J connectivity index is 1.71. The Morgan fingerprint density at radius 1 is 1.21 bits per heavy atom. The summed E-state index contributed by atoms with van der Waals surface area (Å²) in [5.41, 5.74) is 8.18. The summed E-state index contributed by atoms with van der Waals surface area (Å²) in [5.74, 6) is 0.737. The molecule has 1 saturated carbocycles. The van der Waals surface area contributed by atoms with E-state index in [1.54, 1.807) is 0 Å². The van der Waals surface area contributed by atoms with Gasteiger partial charge in [0.1, 0.15) is 0 Å². The van der Waals surface area contributed by atoms with Crippen molar-refractivity contribution in [3.63, 3.8) is 0 Å². The molecule has 0 radical (unpaired) electrons. The van der Waals surface area contributed by atoms with E-state index >= 15 is 0 Å². The summed E-state index contributed by atoms with van der Waals surface area (Å²) in [4.78, 5) is 11.9. The molecule has 104 valence electrons. The van der Waals surface area contributed by atoms with Crippen LogP contribution in [-0.4, -0.2) is 18.5 Å². The van der Waals surface area contributed by atoms with Crippen molar-refractivity contribution < 1.29 is 4.79 Å². The maximum absolute atomic E-state index is 11.9. The van der Waals surface area contributed by atoms with Crippen molar-refractivity contribution in [3.05, 3.63) is 35.4 Å². The van der Waals surface area contributed by atoms with Crippen LogP contribution < -0.4 is 11.1 Å². The number of nitrogens with two attached hydrogens (primary N) is 1. The van der Waals surface area contributed by atoms with E-state index in [0.717, 1.165) is 37.8 Å². The van der Waals surface area contributed by atoms with Gasteiger partial charge in [0.15, 0.2) is 0 Å². The molecule has 3 nitrogen and oxygen atoms in total. The van der Waals surface area contributed by atoms with Crippen molar-refractivity contribution in [1.82, 2.24) is 5.32 Å². The molecule has 1 amide bonds. The van der Waals surface area contributed by atoms with Crippen molar-refractivity contribution in [2.45, 2.75) is 45.1 Å². The molecule has 0 unspecified atom stereocenters. The van der Waals surface area contributed by atoms with Gasteiger partial charge in [-0.15, -0.1) is 0 Å². The molecule has 0 aliphatic heterocycles. The minimum absolute atomic E-state index is 0.124. The van der Waals surface area contributed by atoms with Crippen molar-refractivity contribution in [3.8, 4) is 0 Å². The monoisotopic (exact) mass is 260 g/mol. The van der Waals surface area contributed by atoms with Gasteiger partial charge in [-0.3, -0.25) is 4.79 Å². The van der Waals surface area contributed by atoms with E-state index in [1.807, 2.05) is 24.3 Å². The highest BCUT2D eigenvalue weighted by Gasteiger charge is 2.18. The normalized spacial score (nSPS) is 23.1. The van der Waals surface area contributed by atoms with Crippen LogP contribution in [0.15, 0.2) is 24.3 Å². The van der Waals surface area contributed by atoms with Gasteiger partial charge in [-0.1, -0.05) is 29.8 Å². The Labute approximate surface area is 115 Å². The largest absolute Gasteiger partial charge is 0.356 e. The van der Waals surface area contributed by atoms with Crippen LogP contribution in [0.3, 0.4) is 0 Å². The fourth-order valence-corrected chi connectivity index (χ4v) is 2.60. The lowest BCUT2D eigenvalue weighted by molar-refractivity contribution is -0.120. The molecular weight excluding hydrogens is 236 g/mol. The first-order valence-corrected chi connectivity index (χ1v) is 7.21. The number of hydrogen-bond donors (Lipinski definition) is 2. The molecule has 19 heavy (non-hydrogen) atoms. The zero-order chi connectivity index (χ0) is 13.7. The van der Waals surface area contributed by atoms with E-state index in [0.29, 0.717) is 18.4 Å². The third-order valence-corrected chi connectivity index (χ3v) is 3.96. The first kappa shape index (κ1) is 14.1. The molecule has 3 heteroatoms. The van der Waals surface area contributed by atoms with Gasteiger partial charge in [-0.05, 0) is 44.1 Å². The maximum Gasteiger partial charge on any atom is 0.224 e. The van der Waals surface area contributed by atoms with E-state index < -0.39 is 0 Å². The molecule has 0 bridgehead atoms. The zero-order valence-corrected chi connectivity index (χ0v) is 11.7. The van der Waals surface area contributed by atoms with Crippen molar-refractivity contribution in [1.29, 1.82) is 0 Å². The standard InChI is InChI=1S/C16H24N2O/c1-12-2-4-13(5-3-12)10-16(19)18-11-14-6-8-15(17)9-7-14/h2-5,14-15H,6-11,17H2,1H3,(H,18,19). The van der Waals surface area contributed by atoms with Crippen LogP contribution in [0, 0.1) is 12.8 Å². The van der Waals surface area contributed by atoms with Gasteiger partial charge in [0.2, 0.25) is 5.91 Å². The van der Waals surface area contributed by atoms with Crippen LogP contribution in [-0.2, 0) is 11.2 Å². The zero-order valence-electron chi connectivity index (χ0n) is 11.7. The number of carbonyl (C=O) groups excluding carboxylic acids is 1. The van der Waals surface area contributed by atoms with Crippen LogP contribution >= 0.6 is 0 Å². The summed E-state index contributed by atoms with van der Waals surface area (Å²) in [6.07, 6.45) is 4.96. The maximum atomic E-state index is 11.9. The Kier molecular flexibility index (Phi) is 4.97. The smallest absolute Gasteiger partial charge is 0.224 e. The van der Waals surface area contributed by atoms with Crippen LogP contribution in [0.1, 0.15) is 36.8 Å². The SMILES string of the molecule is Cc1ccc(CC(=O)NCC2CCC(N)CC2)cc1. The number of carbonyl (C=O) groups is 1. The fraction of sp³-hybridized carbons (Fsp3) is 0.562. The highest BCUT2D eigenvalue weighted by Crippen LogP contribution is 2.22. The lowest BCUT2D eigenvalue weighted by Gasteiger charge is -2.26. The van der Waals surface area contributed by atoms with E-state index in [-0.39, 0.29) is 5.91 Å². The van der Waals surface area contributed by atoms with Gasteiger partial charge in [0, 0.05) is 12.6 Å². The molecule has 0 atom stereocenters. The van der Waals surface area contributed by atoms with E-state index in [9.17, 15) is 4.79 Å². The Morgan fingerprint density at radius 3 is 2.47 bits per heavy atom. The van der Waals surface area contributed by atoms with E-state index in [1.165, 1.54) is 5.56 Å². The lowest BCUT2D eigenvalue weighted by atomic mass is 9.86. The van der Waals surface area contributed by atoms with Crippen molar-refractivity contribution in [2.75, 3.05) is 6.54 Å². The fourth-order valence-electron chi connectivity index (χ4n) is 2.60. The summed E-state index contributed by atoms with van der Waals surface area (Å²) in [7, 11) is 0. The van der Waals surface area contributed by atoms with Crippen molar-refractivity contribution in [2.24, 2.45) is 11.7 Å². The van der Waals surface area contributed by atoms with E-state index in [4.69, 9.17) is 5.73 Å². The Hall–Kier alpha value is -1.35. The van der Waals surface area contributed by atoms with Crippen LogP contribution in [0.2, 0.25) is 0 Å². The number of aryl methyl sites for hydroxylation is 1. The molecule has 1 fully saturated rings. The third-order valence-electron chi connectivity index (χ3n) is 3.96. The number of benzene rings is 1. The van der Waals surface area contributed by atoms with Gasteiger partial charge in [-0.25, -0.2) is 0 Å². The predicted molar refractivity (Wildman–Crippen MR) is 77.8 cm³/mol. The second-order valence-electron chi connectivity index (χ2n) is 5.75. The number of hydrogen-bond acceptors (Lipinski definition) is 2. The summed E-state index contributed by atoms with van der Waals surface area (Å²) in [5, 5.41) is 3.05. The number of amides is 1. The first-order chi connectivity index (χ1) is 9.13. The molecule has 1 aromatic rings. The minimum Gasteiger partial charge on any atom is -0.356 e. The summed E-state index contributed by atoms with van der Waals surface area (Å²) in [6, 6.07) is 8.51. The second kappa shape index (κ2) is 6.71. The summed E-state index contributed by atoms with van der Waals surface area (Å²) < 4.78 is 0. The molecule has 0 spiro atoms. The molecule has 3 N–H and O–H groups in total. The topological polar surface area (TPSA) is 55.1 Å². The minimum atomic E-state index is 0.124. The Bertz CT molecular complexity index is 405. The van der Waals surface area contributed by atoms with Gasteiger partial charge in [0.25, 0.3) is 0 Å². The molecule has 1 aliphatic rings. The summed E-state index contributed by atoms with van der Waals surface area (Å²) in [6.45, 7) is 2.86. The van der Waals surface area contributed by atoms with Crippen molar-refractivity contribution >= 4 is 5.91 Å². The van der Waals surface area contributed by atoms with Crippen LogP contribution in [0.5, 0.6) is 0 Å². The second-order valence-corrected chi connectivity index (χ2v) is 5.75. The third kappa shape index (κ3) is 4.67. The predicted octanol–water partition coefficient (Wildman–Crippen LogP) is 2.17. The number of rotatable bonds is 4. The van der Waals surface area contributed by atoms with E-state index in [2.05, 4.69) is 12.2 Å². The summed E-state index contributed by atoms with van der Waals surface area (Å²) >= 11 is 0. The molecule has 2 rings (SSSR count). The quantitative estimate of drug-likeness (QED) is 0.871. The van der Waals surface area contributed by atoms with Gasteiger partial charge in [-0.2, -0.15) is 0 Å². The first-order valence-electron chi connectivity index (χ1n) is 7.21. The highest BCUT2D eigenvalue weighted by atomic mass is 16.1.